The molecule has 1 aromatic carbocycles. The van der Waals surface area contributed by atoms with E-state index in [9.17, 15) is 9.59 Å². The number of amides is 2. The number of benzene rings is 1. The Labute approximate surface area is 228 Å². The highest BCUT2D eigenvalue weighted by Gasteiger charge is 2.20. The van der Waals surface area contributed by atoms with Gasteiger partial charge in [-0.05, 0) is 31.5 Å². The molecule has 0 aliphatic carbocycles. The molecule has 10 nitrogen and oxygen atoms in total. The number of carbonyl (C=O) groups is 2. The van der Waals surface area contributed by atoms with Crippen LogP contribution in [0.1, 0.15) is 31.4 Å². The summed E-state index contributed by atoms with van der Waals surface area (Å²) in [6.45, 7) is 5.81. The fourth-order valence-electron chi connectivity index (χ4n) is 3.94. The van der Waals surface area contributed by atoms with Crippen molar-refractivity contribution in [2.24, 2.45) is 0 Å². The van der Waals surface area contributed by atoms with E-state index < -0.39 is 0 Å². The first-order valence-corrected chi connectivity index (χ1v) is 13.0. The number of aromatic nitrogens is 4. The number of ether oxygens (including phenoxy) is 1. The van der Waals surface area contributed by atoms with Crippen molar-refractivity contribution in [2.45, 2.75) is 13.8 Å². The van der Waals surface area contributed by atoms with Gasteiger partial charge in [0.25, 0.3) is 11.8 Å². The Balaban J connectivity index is 1.32. The van der Waals surface area contributed by atoms with E-state index in [4.69, 9.17) is 16.3 Å². The molecule has 0 radical (unpaired) electrons. The monoisotopic (exact) mass is 549 g/mol. The molecule has 2 N–H and O–H groups in total. The molecule has 38 heavy (non-hydrogen) atoms. The molecule has 0 atom stereocenters. The van der Waals surface area contributed by atoms with Gasteiger partial charge < -0.3 is 20.3 Å². The van der Waals surface area contributed by atoms with E-state index in [1.807, 2.05) is 19.1 Å². The Morgan fingerprint density at radius 3 is 2.68 bits per heavy atom. The highest BCUT2D eigenvalue weighted by molar-refractivity contribution is 7.17. The second kappa shape index (κ2) is 11.2. The van der Waals surface area contributed by atoms with Crippen LogP contribution in [0.2, 0.25) is 5.02 Å². The quantitative estimate of drug-likeness (QED) is 0.354. The van der Waals surface area contributed by atoms with Gasteiger partial charge in [-0.25, -0.2) is 15.0 Å². The topological polar surface area (TPSA) is 122 Å². The van der Waals surface area contributed by atoms with Crippen LogP contribution >= 0.6 is 22.9 Å². The summed E-state index contributed by atoms with van der Waals surface area (Å²) in [6.07, 6.45) is 4.71. The largest absolute Gasteiger partial charge is 0.378 e. The Kier molecular flexibility index (Phi) is 7.59. The van der Waals surface area contributed by atoms with Crippen molar-refractivity contribution in [2.75, 3.05) is 36.9 Å². The summed E-state index contributed by atoms with van der Waals surface area (Å²) in [5.41, 5.74) is 3.21. The molecule has 0 spiro atoms. The molecule has 1 saturated heterocycles. The predicted octanol–water partition coefficient (Wildman–Crippen LogP) is 4.73. The van der Waals surface area contributed by atoms with Crippen molar-refractivity contribution < 1.29 is 14.3 Å². The number of carbonyl (C=O) groups excluding carboxylic acids is 2. The number of anilines is 3. The first-order valence-electron chi connectivity index (χ1n) is 11.8. The Morgan fingerprint density at radius 2 is 1.89 bits per heavy atom. The van der Waals surface area contributed by atoms with Crippen molar-refractivity contribution in [3.8, 4) is 11.3 Å². The van der Waals surface area contributed by atoms with Gasteiger partial charge in [0, 0.05) is 37.1 Å². The van der Waals surface area contributed by atoms with Crippen LogP contribution in [-0.2, 0) is 4.74 Å². The van der Waals surface area contributed by atoms with Gasteiger partial charge in [0.1, 0.15) is 16.5 Å². The van der Waals surface area contributed by atoms with Gasteiger partial charge in [0.2, 0.25) is 0 Å². The van der Waals surface area contributed by atoms with Gasteiger partial charge in [-0.15, -0.1) is 0 Å². The first kappa shape index (κ1) is 25.7. The molecule has 2 amide bonds. The number of morpholine rings is 1. The Morgan fingerprint density at radius 1 is 1.08 bits per heavy atom. The van der Waals surface area contributed by atoms with Crippen LogP contribution in [-0.4, -0.2) is 63.0 Å². The molecule has 1 aliphatic heterocycles. The van der Waals surface area contributed by atoms with Crippen molar-refractivity contribution in [1.82, 2.24) is 24.8 Å². The summed E-state index contributed by atoms with van der Waals surface area (Å²) < 4.78 is 5.34. The predicted molar refractivity (Wildman–Crippen MR) is 146 cm³/mol. The summed E-state index contributed by atoms with van der Waals surface area (Å²) in [5.74, 6) is 0.630. The molecule has 3 aromatic heterocycles. The second-order valence-electron chi connectivity index (χ2n) is 8.59. The molecule has 0 saturated carbocycles. The summed E-state index contributed by atoms with van der Waals surface area (Å²) in [4.78, 5) is 45.4. The minimum Gasteiger partial charge on any atom is -0.378 e. The lowest BCUT2D eigenvalue weighted by Crippen LogP contribution is -2.40. The summed E-state index contributed by atoms with van der Waals surface area (Å²) in [5, 5.41) is 6.96. The van der Waals surface area contributed by atoms with Gasteiger partial charge >= 0.3 is 0 Å². The average Bonchev–Trinajstić information content (AvgIpc) is 3.39. The molecular weight excluding hydrogens is 526 g/mol. The number of halogens is 1. The minimum atomic E-state index is -0.306. The second-order valence-corrected chi connectivity index (χ2v) is 10.0. The number of nitrogens with zero attached hydrogens (tertiary/aromatic N) is 5. The lowest BCUT2D eigenvalue weighted by molar-refractivity contribution is 0.0302. The normalized spacial score (nSPS) is 13.3. The number of thiazole rings is 1. The van der Waals surface area contributed by atoms with Gasteiger partial charge in [-0.1, -0.05) is 35.1 Å². The van der Waals surface area contributed by atoms with E-state index >= 15 is 0 Å². The lowest BCUT2D eigenvalue weighted by Gasteiger charge is -2.26. The number of nitrogens with one attached hydrogen (secondary N) is 2. The third-order valence-electron chi connectivity index (χ3n) is 5.84. The highest BCUT2D eigenvalue weighted by Crippen LogP contribution is 2.29. The van der Waals surface area contributed by atoms with Crippen LogP contribution in [0.4, 0.5) is 16.6 Å². The van der Waals surface area contributed by atoms with Crippen LogP contribution in [0.15, 0.2) is 48.9 Å². The Hall–Kier alpha value is -3.93. The summed E-state index contributed by atoms with van der Waals surface area (Å²) in [6, 6.07) is 8.96. The number of aryl methyl sites for hydroxylation is 2. The molecular formula is C26H24ClN7O3S. The van der Waals surface area contributed by atoms with Gasteiger partial charge in [-0.2, -0.15) is 0 Å². The van der Waals surface area contributed by atoms with E-state index in [1.165, 1.54) is 17.5 Å². The highest BCUT2D eigenvalue weighted by atomic mass is 35.5. The first-order chi connectivity index (χ1) is 18.4. The molecule has 0 unspecified atom stereocenters. The zero-order chi connectivity index (χ0) is 26.6. The number of para-hydroxylation sites is 1. The van der Waals surface area contributed by atoms with E-state index in [0.29, 0.717) is 75.5 Å². The number of rotatable bonds is 6. The van der Waals surface area contributed by atoms with E-state index in [-0.39, 0.29) is 11.8 Å². The maximum Gasteiger partial charge on any atom is 0.267 e. The average molecular weight is 550 g/mol. The number of pyridine rings is 1. The standard InChI is InChI=1S/C26H24ClN7O3S/c1-15-4-3-5-19(27)23(15)33-24(35)21-14-29-26(38-21)32-22-11-20(30-16(2)31-22)17-10-18(13-28-12-17)25(36)34-6-8-37-9-7-34/h3-5,10-14H,6-9H2,1-2H3,(H,33,35)(H,29,30,31,32). The van der Waals surface area contributed by atoms with Crippen LogP contribution in [0, 0.1) is 13.8 Å². The zero-order valence-corrected chi connectivity index (χ0v) is 22.3. The van der Waals surface area contributed by atoms with Crippen LogP contribution < -0.4 is 10.6 Å². The van der Waals surface area contributed by atoms with Crippen molar-refractivity contribution in [3.63, 3.8) is 0 Å². The van der Waals surface area contributed by atoms with E-state index in [2.05, 4.69) is 30.6 Å². The fraction of sp³-hybridized carbons (Fsp3) is 0.231. The minimum absolute atomic E-state index is 0.0904. The summed E-state index contributed by atoms with van der Waals surface area (Å²) >= 11 is 7.42. The van der Waals surface area contributed by atoms with Gasteiger partial charge in [0.15, 0.2) is 5.13 Å². The van der Waals surface area contributed by atoms with Crippen LogP contribution in [0.25, 0.3) is 11.3 Å². The van der Waals surface area contributed by atoms with Gasteiger partial charge in [-0.3, -0.25) is 14.6 Å². The molecule has 1 aliphatic rings. The molecule has 1 fully saturated rings. The van der Waals surface area contributed by atoms with E-state index in [0.717, 1.165) is 5.56 Å². The maximum absolute atomic E-state index is 12.9. The molecule has 4 heterocycles. The van der Waals surface area contributed by atoms with Crippen molar-refractivity contribution in [3.05, 3.63) is 75.8 Å². The molecule has 12 heteroatoms. The molecule has 4 aromatic rings. The maximum atomic E-state index is 12.9. The van der Waals surface area contributed by atoms with Crippen molar-refractivity contribution in [1.29, 1.82) is 0 Å². The van der Waals surface area contributed by atoms with Crippen LogP contribution in [0.3, 0.4) is 0 Å². The molecule has 0 bridgehead atoms. The Bertz CT molecular complexity index is 1480. The molecule has 194 valence electrons. The smallest absolute Gasteiger partial charge is 0.267 e. The summed E-state index contributed by atoms with van der Waals surface area (Å²) in [7, 11) is 0. The molecule has 5 rings (SSSR count). The van der Waals surface area contributed by atoms with Crippen LogP contribution in [0.5, 0.6) is 0 Å². The number of hydrogen-bond donors (Lipinski definition) is 2. The zero-order valence-electron chi connectivity index (χ0n) is 20.7. The van der Waals surface area contributed by atoms with E-state index in [1.54, 1.807) is 42.4 Å². The van der Waals surface area contributed by atoms with Crippen molar-refractivity contribution >= 4 is 51.4 Å². The third kappa shape index (κ3) is 5.80. The van der Waals surface area contributed by atoms with Gasteiger partial charge in [0.05, 0.1) is 41.4 Å². The fourth-order valence-corrected chi connectivity index (χ4v) is 4.92. The number of hydrogen-bond acceptors (Lipinski definition) is 9. The third-order valence-corrected chi connectivity index (χ3v) is 7.07. The lowest BCUT2D eigenvalue weighted by atomic mass is 10.1. The SMILES string of the molecule is Cc1nc(Nc2ncc(C(=O)Nc3c(C)cccc3Cl)s2)cc(-c2cncc(C(=O)N3CCOCC3)c2)n1.